The normalized spacial score (nSPS) is 16.1. The lowest BCUT2D eigenvalue weighted by Gasteiger charge is -2.33. The van der Waals surface area contributed by atoms with Crippen LogP contribution in [0, 0.1) is 0 Å². The van der Waals surface area contributed by atoms with E-state index in [0.717, 1.165) is 86.3 Å². The van der Waals surface area contributed by atoms with Crippen molar-refractivity contribution < 1.29 is 14.6 Å². The highest BCUT2D eigenvalue weighted by Gasteiger charge is 2.23. The first kappa shape index (κ1) is 26.9. The minimum atomic E-state index is -0.932. The number of imidazole rings is 1. The Hall–Kier alpha value is -3.64. The lowest BCUT2D eigenvalue weighted by molar-refractivity contribution is 0.0697. The average Bonchev–Trinajstić information content (AvgIpc) is 3.33. The maximum atomic E-state index is 11.6. The largest absolute Gasteiger partial charge is 0.489 e. The van der Waals surface area contributed by atoms with Crippen LogP contribution in [0.25, 0.3) is 22.4 Å². The Bertz CT molecular complexity index is 1370. The van der Waals surface area contributed by atoms with Gasteiger partial charge in [0.05, 0.1) is 16.6 Å². The zero-order valence-corrected chi connectivity index (χ0v) is 23.1. The molecular formula is C33H39N3O3. The minimum absolute atomic E-state index is 0.172. The molecule has 1 N–H and O–H groups in total. The molecule has 1 atom stereocenters. The Balaban J connectivity index is 1.37. The number of benzene rings is 3. The summed E-state index contributed by atoms with van der Waals surface area (Å²) >= 11 is 0. The highest BCUT2D eigenvalue weighted by Crippen LogP contribution is 2.34. The molecule has 1 aromatic heterocycles. The van der Waals surface area contributed by atoms with Gasteiger partial charge >= 0.3 is 5.97 Å². The van der Waals surface area contributed by atoms with Gasteiger partial charge in [0, 0.05) is 24.7 Å². The molecule has 6 nitrogen and oxygen atoms in total. The first-order valence-electron chi connectivity index (χ1n) is 14.3. The van der Waals surface area contributed by atoms with E-state index in [2.05, 4.69) is 65.8 Å². The number of piperidine rings is 1. The molecule has 2 heterocycles. The molecule has 1 fully saturated rings. The topological polar surface area (TPSA) is 67.6 Å². The molecule has 1 unspecified atom stereocenters. The van der Waals surface area contributed by atoms with Crippen LogP contribution in [0.4, 0.5) is 0 Å². The van der Waals surface area contributed by atoms with Gasteiger partial charge in [-0.15, -0.1) is 0 Å². The summed E-state index contributed by atoms with van der Waals surface area (Å²) < 4.78 is 8.76. The van der Waals surface area contributed by atoms with E-state index in [1.165, 1.54) is 5.56 Å². The molecule has 204 valence electrons. The van der Waals surface area contributed by atoms with Crippen molar-refractivity contribution in [3.8, 4) is 17.1 Å². The number of carbonyl (C=O) groups is 1. The summed E-state index contributed by atoms with van der Waals surface area (Å²) in [6.07, 6.45) is 6.62. The van der Waals surface area contributed by atoms with Crippen LogP contribution in [-0.4, -0.2) is 44.7 Å². The maximum absolute atomic E-state index is 11.6. The number of ether oxygens (including phenoxy) is 1. The number of aromatic nitrogens is 2. The summed E-state index contributed by atoms with van der Waals surface area (Å²) in [6.45, 7) is 7.40. The summed E-state index contributed by atoms with van der Waals surface area (Å²) in [4.78, 5) is 19.0. The first-order chi connectivity index (χ1) is 19.1. The number of rotatable bonds is 11. The lowest BCUT2D eigenvalue weighted by atomic mass is 10.0. The van der Waals surface area contributed by atoms with Crippen molar-refractivity contribution in [1.82, 2.24) is 14.5 Å². The van der Waals surface area contributed by atoms with Gasteiger partial charge in [-0.1, -0.05) is 57.0 Å². The molecule has 0 saturated carbocycles. The first-order valence-corrected chi connectivity index (χ1v) is 14.3. The number of carboxylic acids is 1. The predicted molar refractivity (Wildman–Crippen MR) is 156 cm³/mol. The van der Waals surface area contributed by atoms with E-state index in [4.69, 9.17) is 9.72 Å². The second-order valence-electron chi connectivity index (χ2n) is 10.7. The average molecular weight is 526 g/mol. The molecule has 4 aromatic rings. The van der Waals surface area contributed by atoms with E-state index in [9.17, 15) is 9.90 Å². The van der Waals surface area contributed by atoms with Gasteiger partial charge in [-0.2, -0.15) is 0 Å². The third-order valence-corrected chi connectivity index (χ3v) is 7.67. The monoisotopic (exact) mass is 525 g/mol. The fourth-order valence-electron chi connectivity index (χ4n) is 5.84. The quantitative estimate of drug-likeness (QED) is 0.219. The van der Waals surface area contributed by atoms with Crippen LogP contribution in [-0.2, 0) is 6.54 Å². The third-order valence-electron chi connectivity index (χ3n) is 7.67. The molecule has 0 spiro atoms. The van der Waals surface area contributed by atoms with Crippen LogP contribution in [0.5, 0.6) is 5.75 Å². The molecular weight excluding hydrogens is 486 g/mol. The summed E-state index contributed by atoms with van der Waals surface area (Å²) in [5, 5.41) is 9.52. The summed E-state index contributed by atoms with van der Waals surface area (Å²) in [6, 6.07) is 24.5. The van der Waals surface area contributed by atoms with Crippen molar-refractivity contribution in [3.05, 3.63) is 83.9 Å². The Morgan fingerprint density at radius 2 is 1.77 bits per heavy atom. The van der Waals surface area contributed by atoms with E-state index in [-0.39, 0.29) is 11.7 Å². The van der Waals surface area contributed by atoms with Crippen LogP contribution in [0.15, 0.2) is 72.8 Å². The van der Waals surface area contributed by atoms with Crippen molar-refractivity contribution >= 4 is 17.0 Å². The van der Waals surface area contributed by atoms with E-state index < -0.39 is 5.97 Å². The number of hydrogen-bond donors (Lipinski definition) is 1. The molecule has 1 saturated heterocycles. The molecule has 1 aliphatic heterocycles. The van der Waals surface area contributed by atoms with E-state index >= 15 is 0 Å². The van der Waals surface area contributed by atoms with E-state index in [0.29, 0.717) is 6.04 Å². The zero-order valence-electron chi connectivity index (χ0n) is 23.1. The van der Waals surface area contributed by atoms with Crippen LogP contribution in [0.2, 0.25) is 0 Å². The second kappa shape index (κ2) is 12.5. The molecule has 0 amide bonds. The molecule has 5 rings (SSSR count). The Morgan fingerprint density at radius 1 is 1.03 bits per heavy atom. The Kier molecular flexibility index (Phi) is 8.62. The molecule has 0 bridgehead atoms. The van der Waals surface area contributed by atoms with Crippen molar-refractivity contribution in [3.63, 3.8) is 0 Å². The molecule has 1 aliphatic rings. The van der Waals surface area contributed by atoms with Crippen molar-refractivity contribution in [2.24, 2.45) is 0 Å². The highest BCUT2D eigenvalue weighted by atomic mass is 16.5. The van der Waals surface area contributed by atoms with Crippen LogP contribution in [0.3, 0.4) is 0 Å². The molecule has 0 radical (unpaired) electrons. The van der Waals surface area contributed by atoms with Gasteiger partial charge in [0.2, 0.25) is 0 Å². The summed E-state index contributed by atoms with van der Waals surface area (Å²) in [5.41, 5.74) is 4.33. The fourth-order valence-corrected chi connectivity index (χ4v) is 5.84. The van der Waals surface area contributed by atoms with Gasteiger partial charge in [-0.05, 0) is 80.3 Å². The van der Waals surface area contributed by atoms with Crippen molar-refractivity contribution in [2.45, 2.75) is 71.1 Å². The number of hydrogen-bond acceptors (Lipinski definition) is 4. The summed E-state index contributed by atoms with van der Waals surface area (Å²) in [7, 11) is 0. The smallest absolute Gasteiger partial charge is 0.335 e. The minimum Gasteiger partial charge on any atom is -0.489 e. The maximum Gasteiger partial charge on any atom is 0.335 e. The van der Waals surface area contributed by atoms with Crippen LogP contribution < -0.4 is 4.74 Å². The van der Waals surface area contributed by atoms with Crippen LogP contribution in [0.1, 0.15) is 74.3 Å². The standard InChI is InChI=1S/C33H39N3O3/c1-3-9-27(10-4-2)36-31-19-16-26(33(37)38)21-30(31)34-32(36)25-14-17-28(18-15-25)39-29-13-8-20-35(23-29)22-24-11-6-5-7-12-24/h5-7,11-12,14-19,21,27,29H,3-4,8-10,13,20,22-23H2,1-2H3,(H,37,38). The lowest BCUT2D eigenvalue weighted by Crippen LogP contribution is -2.40. The van der Waals surface area contributed by atoms with Crippen LogP contribution >= 0.6 is 0 Å². The van der Waals surface area contributed by atoms with Gasteiger partial charge in [0.1, 0.15) is 17.7 Å². The van der Waals surface area contributed by atoms with Gasteiger partial charge < -0.3 is 14.4 Å². The van der Waals surface area contributed by atoms with Gasteiger partial charge in [0.25, 0.3) is 0 Å². The number of aromatic carboxylic acids is 1. The number of nitrogens with zero attached hydrogens (tertiary/aromatic N) is 3. The number of likely N-dealkylation sites (tertiary alicyclic amines) is 1. The predicted octanol–water partition coefficient (Wildman–Crippen LogP) is 7.59. The molecule has 3 aromatic carbocycles. The van der Waals surface area contributed by atoms with Gasteiger partial charge in [0.15, 0.2) is 0 Å². The number of carboxylic acid groups (broad SMARTS) is 1. The molecule has 6 heteroatoms. The van der Waals surface area contributed by atoms with Gasteiger partial charge in [-0.3, -0.25) is 4.90 Å². The molecule has 39 heavy (non-hydrogen) atoms. The Morgan fingerprint density at radius 3 is 2.46 bits per heavy atom. The Labute approximate surface area is 231 Å². The second-order valence-corrected chi connectivity index (χ2v) is 10.7. The van der Waals surface area contributed by atoms with E-state index in [1.807, 2.05) is 18.2 Å². The zero-order chi connectivity index (χ0) is 27.2. The number of fused-ring (bicyclic) bond motifs is 1. The fraction of sp³-hybridized carbons (Fsp3) is 0.394. The van der Waals surface area contributed by atoms with Crippen molar-refractivity contribution in [2.75, 3.05) is 13.1 Å². The van der Waals surface area contributed by atoms with E-state index in [1.54, 1.807) is 12.1 Å². The van der Waals surface area contributed by atoms with Gasteiger partial charge in [-0.25, -0.2) is 9.78 Å². The molecule has 0 aliphatic carbocycles. The third kappa shape index (κ3) is 6.34. The SMILES string of the molecule is CCCC(CCC)n1c(-c2ccc(OC3CCCN(Cc4ccccc4)C3)cc2)nc2cc(C(=O)O)ccc21. The summed E-state index contributed by atoms with van der Waals surface area (Å²) in [5.74, 6) is 0.829. The highest BCUT2D eigenvalue weighted by molar-refractivity contribution is 5.93. The van der Waals surface area contributed by atoms with Crippen molar-refractivity contribution in [1.29, 1.82) is 0 Å².